The van der Waals surface area contributed by atoms with Gasteiger partial charge in [-0.05, 0) is 55.0 Å². The average Bonchev–Trinajstić information content (AvgIpc) is 2.93. The van der Waals surface area contributed by atoms with Crippen LogP contribution in [0.4, 0.5) is 0 Å². The molecular formula is C23H20O4. The fourth-order valence-electron chi connectivity index (χ4n) is 4.16. The van der Waals surface area contributed by atoms with Crippen LogP contribution >= 0.6 is 0 Å². The molecule has 0 amide bonds. The highest BCUT2D eigenvalue weighted by molar-refractivity contribution is 6.02. The van der Waals surface area contributed by atoms with Crippen LogP contribution in [0.25, 0.3) is 33.1 Å². The van der Waals surface area contributed by atoms with Crippen molar-refractivity contribution in [1.29, 1.82) is 0 Å². The van der Waals surface area contributed by atoms with Gasteiger partial charge >= 0.3 is 5.63 Å². The highest BCUT2D eigenvalue weighted by atomic mass is 16.5. The van der Waals surface area contributed by atoms with E-state index in [2.05, 4.69) is 6.07 Å². The van der Waals surface area contributed by atoms with E-state index < -0.39 is 0 Å². The Kier molecular flexibility index (Phi) is 3.78. The van der Waals surface area contributed by atoms with Gasteiger partial charge < -0.3 is 13.6 Å². The summed E-state index contributed by atoms with van der Waals surface area (Å²) in [5.74, 6) is 0.808. The second kappa shape index (κ2) is 6.31. The van der Waals surface area contributed by atoms with Gasteiger partial charge in [-0.15, -0.1) is 0 Å². The zero-order valence-corrected chi connectivity index (χ0v) is 15.2. The maximum atomic E-state index is 12.5. The maximum Gasteiger partial charge on any atom is 0.339 e. The van der Waals surface area contributed by atoms with Gasteiger partial charge in [0.25, 0.3) is 0 Å². The lowest BCUT2D eigenvalue weighted by atomic mass is 9.97. The van der Waals surface area contributed by atoms with Gasteiger partial charge in [0, 0.05) is 28.0 Å². The van der Waals surface area contributed by atoms with Crippen molar-refractivity contribution in [2.75, 3.05) is 7.11 Å². The fraction of sp³-hybridized carbons (Fsp3) is 0.261. The first kappa shape index (κ1) is 16.2. The molecule has 0 aliphatic heterocycles. The van der Waals surface area contributed by atoms with E-state index >= 15 is 0 Å². The molecule has 5 rings (SSSR count). The molecule has 27 heavy (non-hydrogen) atoms. The molecule has 4 heteroatoms. The van der Waals surface area contributed by atoms with Crippen LogP contribution in [0.1, 0.15) is 30.4 Å². The molecule has 1 aliphatic carbocycles. The van der Waals surface area contributed by atoms with E-state index in [0.717, 1.165) is 76.5 Å². The first-order valence-electron chi connectivity index (χ1n) is 9.39. The Morgan fingerprint density at radius 2 is 1.78 bits per heavy atom. The molecule has 2 heterocycles. The van der Waals surface area contributed by atoms with E-state index in [1.54, 1.807) is 13.4 Å². The molecule has 2 aromatic carbocycles. The third-order valence-corrected chi connectivity index (χ3v) is 5.55. The lowest BCUT2D eigenvalue weighted by Crippen LogP contribution is -2.10. The molecule has 0 saturated heterocycles. The molecule has 0 spiro atoms. The predicted octanol–water partition coefficient (Wildman–Crippen LogP) is 5.48. The quantitative estimate of drug-likeness (QED) is 0.351. The molecule has 4 nitrogen and oxygen atoms in total. The molecule has 136 valence electrons. The number of benzene rings is 2. The summed E-state index contributed by atoms with van der Waals surface area (Å²) in [5, 5.41) is 2.06. The Morgan fingerprint density at radius 3 is 2.63 bits per heavy atom. The van der Waals surface area contributed by atoms with Crippen LogP contribution < -0.4 is 10.4 Å². The molecule has 0 unspecified atom stereocenters. The molecule has 0 fully saturated rings. The number of furan rings is 1. The van der Waals surface area contributed by atoms with Crippen molar-refractivity contribution in [3.8, 4) is 16.9 Å². The molecule has 0 atom stereocenters. The van der Waals surface area contributed by atoms with Crippen molar-refractivity contribution in [3.05, 3.63) is 64.2 Å². The zero-order chi connectivity index (χ0) is 18.4. The molecule has 4 aromatic rings. The molecule has 2 aromatic heterocycles. The Hall–Kier alpha value is -3.01. The van der Waals surface area contributed by atoms with E-state index in [9.17, 15) is 4.79 Å². The number of fused-ring (bicyclic) bond motifs is 4. The van der Waals surface area contributed by atoms with E-state index in [1.165, 1.54) is 0 Å². The summed E-state index contributed by atoms with van der Waals surface area (Å²) in [4.78, 5) is 12.5. The van der Waals surface area contributed by atoms with E-state index in [0.29, 0.717) is 5.58 Å². The standard InChI is InChI=1S/C23H20O4/c1-25-15-7-5-6-14(10-15)20-13-26-21-12-22-18(11-19(20)21)16-8-3-2-4-9-17(16)23(24)27-22/h5-7,10-13H,2-4,8-9H2,1H3. The first-order chi connectivity index (χ1) is 13.2. The monoisotopic (exact) mass is 360 g/mol. The van der Waals surface area contributed by atoms with Crippen molar-refractivity contribution in [2.24, 2.45) is 0 Å². The summed E-state index contributed by atoms with van der Waals surface area (Å²) in [6, 6.07) is 11.9. The van der Waals surface area contributed by atoms with Gasteiger partial charge in [-0.2, -0.15) is 0 Å². The Labute approximate surface area is 156 Å². The van der Waals surface area contributed by atoms with E-state index in [-0.39, 0.29) is 5.63 Å². The second-order valence-electron chi connectivity index (χ2n) is 7.13. The smallest absolute Gasteiger partial charge is 0.339 e. The first-order valence-corrected chi connectivity index (χ1v) is 9.39. The van der Waals surface area contributed by atoms with E-state index in [4.69, 9.17) is 13.6 Å². The van der Waals surface area contributed by atoms with E-state index in [1.807, 2.05) is 30.3 Å². The van der Waals surface area contributed by atoms with Crippen LogP contribution in [0.5, 0.6) is 5.75 Å². The molecule has 0 radical (unpaired) electrons. The Balaban J connectivity index is 1.79. The van der Waals surface area contributed by atoms with Crippen LogP contribution in [-0.4, -0.2) is 7.11 Å². The normalized spacial score (nSPS) is 14.3. The zero-order valence-electron chi connectivity index (χ0n) is 15.2. The van der Waals surface area contributed by atoms with Gasteiger partial charge in [-0.3, -0.25) is 0 Å². The lowest BCUT2D eigenvalue weighted by molar-refractivity contribution is 0.415. The minimum absolute atomic E-state index is 0.196. The topological polar surface area (TPSA) is 52.6 Å². The van der Waals surface area contributed by atoms with Crippen molar-refractivity contribution < 1.29 is 13.6 Å². The molecule has 0 N–H and O–H groups in total. The van der Waals surface area contributed by atoms with Gasteiger partial charge in [0.05, 0.1) is 13.4 Å². The van der Waals surface area contributed by atoms with Gasteiger partial charge in [-0.25, -0.2) is 4.79 Å². The third kappa shape index (κ3) is 2.64. The summed E-state index contributed by atoms with van der Waals surface area (Å²) in [6.07, 6.45) is 6.80. The lowest BCUT2D eigenvalue weighted by Gasteiger charge is -2.09. The maximum absolute atomic E-state index is 12.5. The Bertz CT molecular complexity index is 1210. The number of ether oxygens (including phenoxy) is 1. The third-order valence-electron chi connectivity index (χ3n) is 5.55. The van der Waals surface area contributed by atoms with Crippen molar-refractivity contribution in [1.82, 2.24) is 0 Å². The summed E-state index contributed by atoms with van der Waals surface area (Å²) < 4.78 is 16.8. The fourth-order valence-corrected chi connectivity index (χ4v) is 4.16. The van der Waals surface area contributed by atoms with Gasteiger partial charge in [0.2, 0.25) is 0 Å². The van der Waals surface area contributed by atoms with Crippen LogP contribution in [0, 0.1) is 0 Å². The summed E-state index contributed by atoms with van der Waals surface area (Å²) in [7, 11) is 1.66. The molecule has 0 saturated carbocycles. The molecule has 1 aliphatic rings. The number of hydrogen-bond acceptors (Lipinski definition) is 4. The SMILES string of the molecule is COc1cccc(-c2coc3cc4oc(=O)c5c(c4cc23)CCCCC5)c1. The number of methoxy groups -OCH3 is 1. The minimum atomic E-state index is -0.196. The summed E-state index contributed by atoms with van der Waals surface area (Å²) in [5.41, 5.74) is 5.19. The van der Waals surface area contributed by atoms with Crippen molar-refractivity contribution in [2.45, 2.75) is 32.1 Å². The highest BCUT2D eigenvalue weighted by Gasteiger charge is 2.19. The summed E-state index contributed by atoms with van der Waals surface area (Å²) >= 11 is 0. The number of rotatable bonds is 2. The second-order valence-corrected chi connectivity index (χ2v) is 7.13. The molecular weight excluding hydrogens is 340 g/mol. The van der Waals surface area contributed by atoms with Gasteiger partial charge in [0.1, 0.15) is 16.9 Å². The number of hydrogen-bond donors (Lipinski definition) is 0. The van der Waals surface area contributed by atoms with Crippen molar-refractivity contribution >= 4 is 21.9 Å². The highest BCUT2D eigenvalue weighted by Crippen LogP contribution is 2.36. The van der Waals surface area contributed by atoms with Gasteiger partial charge in [0.15, 0.2) is 0 Å². The van der Waals surface area contributed by atoms with Crippen LogP contribution in [0.3, 0.4) is 0 Å². The van der Waals surface area contributed by atoms with Crippen LogP contribution in [-0.2, 0) is 12.8 Å². The predicted molar refractivity (Wildman–Crippen MR) is 106 cm³/mol. The largest absolute Gasteiger partial charge is 0.497 e. The summed E-state index contributed by atoms with van der Waals surface area (Å²) in [6.45, 7) is 0. The molecule has 0 bridgehead atoms. The van der Waals surface area contributed by atoms with Crippen LogP contribution in [0.15, 0.2) is 56.3 Å². The van der Waals surface area contributed by atoms with Gasteiger partial charge in [-0.1, -0.05) is 18.6 Å². The average molecular weight is 360 g/mol. The number of aryl methyl sites for hydroxylation is 1. The Morgan fingerprint density at radius 1 is 0.926 bits per heavy atom. The van der Waals surface area contributed by atoms with Crippen LogP contribution in [0.2, 0.25) is 0 Å². The minimum Gasteiger partial charge on any atom is -0.497 e. The van der Waals surface area contributed by atoms with Crippen molar-refractivity contribution in [3.63, 3.8) is 0 Å².